The first-order valence-corrected chi connectivity index (χ1v) is 6.22. The second-order valence-electron chi connectivity index (χ2n) is 4.71. The van der Waals surface area contributed by atoms with Crippen LogP contribution >= 0.6 is 0 Å². The van der Waals surface area contributed by atoms with Crippen LogP contribution in [0.5, 0.6) is 0 Å². The third kappa shape index (κ3) is 1.92. The van der Waals surface area contributed by atoms with Crippen LogP contribution in [0.3, 0.4) is 0 Å². The van der Waals surface area contributed by atoms with Gasteiger partial charge in [-0.3, -0.25) is 9.78 Å². The predicted octanol–water partition coefficient (Wildman–Crippen LogP) is 2.60. The number of fused-ring (bicyclic) bond motifs is 1. The first-order chi connectivity index (χ1) is 9.31. The largest absolute Gasteiger partial charge is 0.297 e. The van der Waals surface area contributed by atoms with Crippen LogP contribution in [-0.2, 0) is 11.2 Å². The monoisotopic (exact) mass is 248 g/mol. The molecule has 3 heteroatoms. The molecule has 2 unspecified atom stereocenters. The fraction of sp³-hybridized carbons (Fsp3) is 0.188. The van der Waals surface area contributed by atoms with Gasteiger partial charge in [0, 0.05) is 18.3 Å². The maximum Gasteiger partial charge on any atom is 0.162 e. The number of nitriles is 1. The molecule has 1 aliphatic carbocycles. The van der Waals surface area contributed by atoms with Crippen LogP contribution < -0.4 is 0 Å². The molecule has 0 spiro atoms. The van der Waals surface area contributed by atoms with E-state index in [2.05, 4.69) is 11.1 Å². The summed E-state index contributed by atoms with van der Waals surface area (Å²) >= 11 is 0. The molecule has 1 aliphatic rings. The number of carbonyl (C=O) groups excluding carboxylic acids is 1. The Morgan fingerprint density at radius 2 is 2.16 bits per heavy atom. The Labute approximate surface area is 111 Å². The number of Topliss-reactive ketones (excluding diaryl/α,β-unsaturated/α-hetero) is 1. The van der Waals surface area contributed by atoms with Crippen LogP contribution in [0.1, 0.15) is 28.5 Å². The molecule has 0 radical (unpaired) electrons. The molecule has 1 aromatic carbocycles. The Kier molecular flexibility index (Phi) is 2.85. The topological polar surface area (TPSA) is 53.8 Å². The Balaban J connectivity index is 1.88. The SMILES string of the molecule is N#CC(C(=O)C1Cc2ccccc21)c1cccnc1. The zero-order chi connectivity index (χ0) is 13.2. The van der Waals surface area contributed by atoms with E-state index in [9.17, 15) is 10.1 Å². The number of ketones is 1. The van der Waals surface area contributed by atoms with Gasteiger partial charge in [0.15, 0.2) is 5.78 Å². The minimum Gasteiger partial charge on any atom is -0.297 e. The van der Waals surface area contributed by atoms with E-state index in [0.717, 1.165) is 12.0 Å². The van der Waals surface area contributed by atoms with Crippen molar-refractivity contribution in [2.75, 3.05) is 0 Å². The highest BCUT2D eigenvalue weighted by Gasteiger charge is 2.36. The summed E-state index contributed by atoms with van der Waals surface area (Å²) in [5, 5.41) is 9.27. The lowest BCUT2D eigenvalue weighted by Gasteiger charge is -2.30. The molecular formula is C16H12N2O. The summed E-state index contributed by atoms with van der Waals surface area (Å²) in [6.45, 7) is 0. The van der Waals surface area contributed by atoms with Crippen LogP contribution in [0.4, 0.5) is 0 Å². The van der Waals surface area contributed by atoms with Crippen molar-refractivity contribution in [1.82, 2.24) is 4.98 Å². The number of nitrogens with zero attached hydrogens (tertiary/aromatic N) is 2. The van der Waals surface area contributed by atoms with Gasteiger partial charge in [-0.05, 0) is 29.2 Å². The van der Waals surface area contributed by atoms with Gasteiger partial charge in [0.05, 0.1) is 6.07 Å². The molecule has 2 aromatic rings. The van der Waals surface area contributed by atoms with Crippen molar-refractivity contribution in [2.24, 2.45) is 0 Å². The van der Waals surface area contributed by atoms with E-state index in [4.69, 9.17) is 0 Å². The molecule has 1 aromatic heterocycles. The Bertz CT molecular complexity index is 658. The van der Waals surface area contributed by atoms with E-state index >= 15 is 0 Å². The average molecular weight is 248 g/mol. The normalized spacial score (nSPS) is 17.7. The number of aromatic nitrogens is 1. The third-order valence-corrected chi connectivity index (χ3v) is 3.63. The minimum absolute atomic E-state index is 0.0193. The van der Waals surface area contributed by atoms with Gasteiger partial charge in [0.1, 0.15) is 5.92 Å². The zero-order valence-corrected chi connectivity index (χ0v) is 10.3. The van der Waals surface area contributed by atoms with Crippen molar-refractivity contribution in [2.45, 2.75) is 18.3 Å². The standard InChI is InChI=1S/C16H12N2O/c17-9-15(12-5-3-7-18-10-12)16(19)14-8-11-4-1-2-6-13(11)14/h1-7,10,14-15H,8H2. The average Bonchev–Trinajstić information content (AvgIpc) is 2.42. The molecule has 0 bridgehead atoms. The molecule has 3 rings (SSSR count). The van der Waals surface area contributed by atoms with Crippen molar-refractivity contribution in [3.8, 4) is 6.07 Å². The number of carbonyl (C=O) groups is 1. The van der Waals surface area contributed by atoms with E-state index in [1.165, 1.54) is 5.56 Å². The summed E-state index contributed by atoms with van der Waals surface area (Å²) in [4.78, 5) is 16.4. The predicted molar refractivity (Wildman–Crippen MR) is 70.5 cm³/mol. The number of pyridine rings is 1. The molecule has 1 heterocycles. The maximum absolute atomic E-state index is 12.5. The Morgan fingerprint density at radius 1 is 1.32 bits per heavy atom. The summed E-state index contributed by atoms with van der Waals surface area (Å²) in [6, 6.07) is 13.6. The van der Waals surface area contributed by atoms with E-state index in [1.54, 1.807) is 24.5 Å². The van der Waals surface area contributed by atoms with Gasteiger partial charge >= 0.3 is 0 Å². The maximum atomic E-state index is 12.5. The Hall–Kier alpha value is -2.47. The van der Waals surface area contributed by atoms with E-state index in [0.29, 0.717) is 5.56 Å². The van der Waals surface area contributed by atoms with Gasteiger partial charge in [-0.25, -0.2) is 0 Å². The highest BCUT2D eigenvalue weighted by Crippen LogP contribution is 2.38. The van der Waals surface area contributed by atoms with Crippen molar-refractivity contribution in [1.29, 1.82) is 5.26 Å². The summed E-state index contributed by atoms with van der Waals surface area (Å²) in [7, 11) is 0. The first-order valence-electron chi connectivity index (χ1n) is 6.22. The van der Waals surface area contributed by atoms with Gasteiger partial charge in [0.25, 0.3) is 0 Å². The van der Waals surface area contributed by atoms with Crippen LogP contribution in [0.15, 0.2) is 48.8 Å². The van der Waals surface area contributed by atoms with Crippen LogP contribution in [0, 0.1) is 11.3 Å². The number of benzene rings is 1. The van der Waals surface area contributed by atoms with Crippen molar-refractivity contribution in [3.05, 3.63) is 65.5 Å². The zero-order valence-electron chi connectivity index (χ0n) is 10.3. The second-order valence-corrected chi connectivity index (χ2v) is 4.71. The van der Waals surface area contributed by atoms with Crippen LogP contribution in [-0.4, -0.2) is 10.8 Å². The van der Waals surface area contributed by atoms with Crippen molar-refractivity contribution in [3.63, 3.8) is 0 Å². The molecule has 3 nitrogen and oxygen atoms in total. The fourth-order valence-corrected chi connectivity index (χ4v) is 2.56. The molecule has 0 fully saturated rings. The molecule has 0 aliphatic heterocycles. The molecule has 92 valence electrons. The lowest BCUT2D eigenvalue weighted by Crippen LogP contribution is -2.29. The van der Waals surface area contributed by atoms with Gasteiger partial charge in [0.2, 0.25) is 0 Å². The fourth-order valence-electron chi connectivity index (χ4n) is 2.56. The number of hydrogen-bond acceptors (Lipinski definition) is 3. The number of hydrogen-bond donors (Lipinski definition) is 0. The van der Waals surface area contributed by atoms with Gasteiger partial charge in [-0.1, -0.05) is 30.3 Å². The molecular weight excluding hydrogens is 236 g/mol. The highest BCUT2D eigenvalue weighted by atomic mass is 16.1. The molecule has 2 atom stereocenters. The van der Waals surface area contributed by atoms with E-state index < -0.39 is 5.92 Å². The lowest BCUT2D eigenvalue weighted by atomic mass is 9.72. The van der Waals surface area contributed by atoms with Gasteiger partial charge < -0.3 is 0 Å². The summed E-state index contributed by atoms with van der Waals surface area (Å²) < 4.78 is 0. The third-order valence-electron chi connectivity index (χ3n) is 3.63. The van der Waals surface area contributed by atoms with Crippen LogP contribution in [0.25, 0.3) is 0 Å². The summed E-state index contributed by atoms with van der Waals surface area (Å²) in [5.74, 6) is -0.873. The van der Waals surface area contributed by atoms with Crippen molar-refractivity contribution < 1.29 is 4.79 Å². The van der Waals surface area contributed by atoms with E-state index in [-0.39, 0.29) is 11.7 Å². The molecule has 0 N–H and O–H groups in total. The van der Waals surface area contributed by atoms with Gasteiger partial charge in [-0.15, -0.1) is 0 Å². The second kappa shape index (κ2) is 4.66. The summed E-state index contributed by atoms with van der Waals surface area (Å²) in [5.41, 5.74) is 2.96. The smallest absolute Gasteiger partial charge is 0.162 e. The van der Waals surface area contributed by atoms with Crippen LogP contribution in [0.2, 0.25) is 0 Å². The van der Waals surface area contributed by atoms with Gasteiger partial charge in [-0.2, -0.15) is 5.26 Å². The quantitative estimate of drug-likeness (QED) is 0.839. The van der Waals surface area contributed by atoms with E-state index in [1.807, 2.05) is 24.3 Å². The summed E-state index contributed by atoms with van der Waals surface area (Å²) in [6.07, 6.45) is 3.98. The Morgan fingerprint density at radius 3 is 2.84 bits per heavy atom. The molecule has 0 amide bonds. The lowest BCUT2D eigenvalue weighted by molar-refractivity contribution is -0.121. The first kappa shape index (κ1) is 11.6. The number of rotatable bonds is 3. The molecule has 0 saturated carbocycles. The van der Waals surface area contributed by atoms with Crippen molar-refractivity contribution >= 4 is 5.78 Å². The highest BCUT2D eigenvalue weighted by molar-refractivity contribution is 5.96. The minimum atomic E-state index is -0.716. The molecule has 19 heavy (non-hydrogen) atoms. The molecule has 0 saturated heterocycles.